The summed E-state index contributed by atoms with van der Waals surface area (Å²) in [5.74, 6) is 0. The van der Waals surface area contributed by atoms with Crippen LogP contribution in [0, 0.1) is 0 Å². The highest BCUT2D eigenvalue weighted by Gasteiger charge is 2.25. The fourth-order valence-corrected chi connectivity index (χ4v) is 10.5. The third-order valence-corrected chi connectivity index (χ3v) is 13.7. The van der Waals surface area contributed by atoms with Crippen molar-refractivity contribution in [3.63, 3.8) is 0 Å². The van der Waals surface area contributed by atoms with E-state index < -0.39 is 0 Å². The summed E-state index contributed by atoms with van der Waals surface area (Å²) in [4.78, 5) is 4.84. The van der Waals surface area contributed by atoms with Crippen molar-refractivity contribution in [3.8, 4) is 22.3 Å². The Bertz CT molecular complexity index is 4090. The lowest BCUT2D eigenvalue weighted by Crippen LogP contribution is -2.19. The first-order chi connectivity index (χ1) is 34.7. The van der Waals surface area contributed by atoms with Crippen LogP contribution in [0.3, 0.4) is 0 Å². The molecule has 0 unspecified atom stereocenters. The van der Waals surface area contributed by atoms with Crippen LogP contribution >= 0.6 is 0 Å². The van der Waals surface area contributed by atoms with E-state index >= 15 is 0 Å². The minimum absolute atomic E-state index is 0.593. The van der Waals surface area contributed by atoms with Gasteiger partial charge in [0, 0.05) is 44.9 Å². The Hall–Kier alpha value is -8.86. The van der Waals surface area contributed by atoms with E-state index in [0.29, 0.717) is 6.54 Å². The molecule has 336 valence electrons. The molecule has 0 radical (unpaired) electrons. The number of anilines is 5. The van der Waals surface area contributed by atoms with E-state index in [2.05, 4.69) is 241 Å². The molecule has 0 N–H and O–H groups in total. The molecule has 13 rings (SSSR count). The molecule has 4 nitrogen and oxygen atoms in total. The van der Waals surface area contributed by atoms with Crippen LogP contribution in [0.2, 0.25) is 0 Å². The van der Waals surface area contributed by atoms with E-state index in [1.54, 1.807) is 0 Å². The molecule has 0 atom stereocenters. The molecule has 11 aromatic carbocycles. The Balaban J connectivity index is 0.00000249. The van der Waals surface area contributed by atoms with E-state index in [0.717, 1.165) is 94.4 Å². The van der Waals surface area contributed by atoms with Crippen LogP contribution in [0.4, 0.5) is 28.4 Å². The van der Waals surface area contributed by atoms with Crippen molar-refractivity contribution >= 4 is 99.9 Å². The Morgan fingerprint density at radius 3 is 1.54 bits per heavy atom. The maximum Gasteiger partial charge on any atom is 0.159 e. The van der Waals surface area contributed by atoms with Gasteiger partial charge in [0.15, 0.2) is 11.2 Å². The van der Waals surface area contributed by atoms with Crippen molar-refractivity contribution in [1.82, 2.24) is 0 Å². The molecule has 2 aromatic heterocycles. The van der Waals surface area contributed by atoms with Gasteiger partial charge in [-0.2, -0.15) is 0 Å². The number of rotatable bonds is 9. The monoisotopic (exact) mass is 902 g/mol. The molecule has 0 aliphatic carbocycles. The molecular weight excluding hydrogens is 853 g/mol. The number of hydrogen-bond donors (Lipinski definition) is 0. The standard InChI is InChI=1S/C64H44N2O2.C2H6/c1-2-42-35-37-55-56(66(50-24-14-22-47(40-50)44-19-7-4-8-20-44)58-30-16-28-54-52-26-10-12-32-60(52)68-64(54)58)38-36-45-33-34-48(61(42)62(45)55)41-65(49-23-13-21-46(39-49)43-17-5-3-6-18-43)57-29-15-27-53-51-25-9-11-31-59(51)67-63(53)57;1-2/h2-40H,41H2,1H3;1-2H3/b42-2-;. The number of benzene rings is 11. The van der Waals surface area contributed by atoms with Gasteiger partial charge in [0.2, 0.25) is 0 Å². The zero-order valence-corrected chi connectivity index (χ0v) is 39.4. The van der Waals surface area contributed by atoms with Gasteiger partial charge in [-0.3, -0.25) is 0 Å². The normalized spacial score (nSPS) is 11.8. The van der Waals surface area contributed by atoms with Crippen molar-refractivity contribution in [3.05, 3.63) is 241 Å². The van der Waals surface area contributed by atoms with Crippen molar-refractivity contribution in [2.75, 3.05) is 9.80 Å². The Kier molecular flexibility index (Phi) is 10.9. The predicted molar refractivity (Wildman–Crippen MR) is 297 cm³/mol. The van der Waals surface area contributed by atoms with Gasteiger partial charge in [0.25, 0.3) is 0 Å². The number of para-hydroxylation sites is 4. The summed E-state index contributed by atoms with van der Waals surface area (Å²) < 4.78 is 13.6. The van der Waals surface area contributed by atoms with Crippen LogP contribution in [-0.4, -0.2) is 0 Å². The van der Waals surface area contributed by atoms with Gasteiger partial charge in [0.1, 0.15) is 11.2 Å². The SMILES string of the molecule is C/C=c1/ccc2c(N(c3cccc(-c4ccccc4)c3)c3cccc4c3oc3ccccc34)ccc3ccc(CN(c4cccc(-c5ccccc5)c4)c4cccc5c4oc4ccccc45)c1c32.CC. The second kappa shape index (κ2) is 18.0. The minimum Gasteiger partial charge on any atom is -0.454 e. The molecule has 0 aliphatic heterocycles. The first kappa shape index (κ1) is 42.5. The molecule has 0 saturated carbocycles. The Morgan fingerprint density at radius 2 is 0.900 bits per heavy atom. The van der Waals surface area contributed by atoms with E-state index in [1.165, 1.54) is 32.5 Å². The topological polar surface area (TPSA) is 32.8 Å². The highest BCUT2D eigenvalue weighted by molar-refractivity contribution is 6.18. The van der Waals surface area contributed by atoms with E-state index in [-0.39, 0.29) is 0 Å². The molecule has 0 bridgehead atoms. The summed E-state index contributed by atoms with van der Waals surface area (Å²) in [6.07, 6.45) is 2.25. The van der Waals surface area contributed by atoms with Crippen LogP contribution in [0.1, 0.15) is 26.3 Å². The van der Waals surface area contributed by atoms with Crippen LogP contribution in [0.25, 0.3) is 93.8 Å². The van der Waals surface area contributed by atoms with Gasteiger partial charge in [-0.25, -0.2) is 0 Å². The highest BCUT2D eigenvalue weighted by atomic mass is 16.3. The lowest BCUT2D eigenvalue weighted by Gasteiger charge is -2.29. The summed E-state index contributed by atoms with van der Waals surface area (Å²) in [5, 5.41) is 10.4. The van der Waals surface area contributed by atoms with Crippen LogP contribution in [0.15, 0.2) is 239 Å². The first-order valence-corrected chi connectivity index (χ1v) is 24.3. The lowest BCUT2D eigenvalue weighted by molar-refractivity contribution is 0.667. The van der Waals surface area contributed by atoms with Crippen molar-refractivity contribution in [1.29, 1.82) is 0 Å². The van der Waals surface area contributed by atoms with Gasteiger partial charge < -0.3 is 18.6 Å². The van der Waals surface area contributed by atoms with Gasteiger partial charge in [-0.1, -0.05) is 196 Å². The van der Waals surface area contributed by atoms with Crippen LogP contribution in [-0.2, 0) is 6.54 Å². The Labute approximate surface area is 407 Å². The van der Waals surface area contributed by atoms with Gasteiger partial charge in [-0.05, 0) is 111 Å². The second-order valence-electron chi connectivity index (χ2n) is 17.5. The number of nitrogens with zero attached hydrogens (tertiary/aromatic N) is 2. The van der Waals surface area contributed by atoms with Crippen LogP contribution < -0.4 is 15.0 Å². The summed E-state index contributed by atoms with van der Waals surface area (Å²) in [6, 6.07) is 82.6. The third-order valence-electron chi connectivity index (χ3n) is 13.7. The number of furan rings is 2. The quantitative estimate of drug-likeness (QED) is 0.144. The fourth-order valence-electron chi connectivity index (χ4n) is 10.5. The smallest absolute Gasteiger partial charge is 0.159 e. The Morgan fingerprint density at radius 1 is 0.386 bits per heavy atom. The molecular formula is C66H50N2O2. The largest absolute Gasteiger partial charge is 0.454 e. The van der Waals surface area contributed by atoms with Crippen molar-refractivity contribution in [2.24, 2.45) is 0 Å². The van der Waals surface area contributed by atoms with Gasteiger partial charge in [-0.15, -0.1) is 0 Å². The second-order valence-corrected chi connectivity index (χ2v) is 17.5. The number of hydrogen-bond acceptors (Lipinski definition) is 4. The summed E-state index contributed by atoms with van der Waals surface area (Å²) in [7, 11) is 0. The molecule has 13 aromatic rings. The minimum atomic E-state index is 0.593. The summed E-state index contributed by atoms with van der Waals surface area (Å²) in [5.41, 5.74) is 14.5. The molecule has 0 aliphatic rings. The van der Waals surface area contributed by atoms with E-state index in [4.69, 9.17) is 8.83 Å². The van der Waals surface area contributed by atoms with Crippen LogP contribution in [0.5, 0.6) is 0 Å². The molecule has 70 heavy (non-hydrogen) atoms. The number of fused-ring (bicyclic) bond motifs is 6. The first-order valence-electron chi connectivity index (χ1n) is 24.3. The average molecular weight is 903 g/mol. The van der Waals surface area contributed by atoms with Crippen molar-refractivity contribution < 1.29 is 8.83 Å². The fraction of sp³-hybridized carbons (Fsp3) is 0.0606. The summed E-state index contributed by atoms with van der Waals surface area (Å²) in [6.45, 7) is 6.74. The lowest BCUT2D eigenvalue weighted by atomic mass is 9.92. The molecule has 0 saturated heterocycles. The average Bonchev–Trinajstić information content (AvgIpc) is 4.02. The predicted octanol–water partition coefficient (Wildman–Crippen LogP) is 18.5. The zero-order chi connectivity index (χ0) is 47.1. The molecule has 0 amide bonds. The highest BCUT2D eigenvalue weighted by Crippen LogP contribution is 2.47. The molecule has 4 heteroatoms. The van der Waals surface area contributed by atoms with Crippen molar-refractivity contribution in [2.45, 2.75) is 27.3 Å². The maximum atomic E-state index is 6.81. The van der Waals surface area contributed by atoms with E-state index in [9.17, 15) is 0 Å². The maximum absolute atomic E-state index is 6.81. The summed E-state index contributed by atoms with van der Waals surface area (Å²) >= 11 is 0. The van der Waals surface area contributed by atoms with E-state index in [1.807, 2.05) is 26.0 Å². The molecule has 2 heterocycles. The molecule has 0 fully saturated rings. The zero-order valence-electron chi connectivity index (χ0n) is 39.4. The molecule has 0 spiro atoms. The van der Waals surface area contributed by atoms with Gasteiger partial charge >= 0.3 is 0 Å². The van der Waals surface area contributed by atoms with Gasteiger partial charge in [0.05, 0.1) is 17.1 Å². The third kappa shape index (κ3) is 7.24.